The predicted octanol–water partition coefficient (Wildman–Crippen LogP) is 4.65. The maximum atomic E-state index is 13.2. The minimum absolute atomic E-state index is 0.0687. The highest BCUT2D eigenvalue weighted by molar-refractivity contribution is 5.89. The van der Waals surface area contributed by atoms with Gasteiger partial charge in [0, 0.05) is 18.7 Å². The van der Waals surface area contributed by atoms with Crippen molar-refractivity contribution in [3.63, 3.8) is 0 Å². The van der Waals surface area contributed by atoms with E-state index in [-0.39, 0.29) is 18.9 Å². The largest absolute Gasteiger partial charge is 0.456 e. The monoisotopic (exact) mass is 518 g/mol. The van der Waals surface area contributed by atoms with Gasteiger partial charge in [-0.05, 0) is 48.6 Å². The van der Waals surface area contributed by atoms with Crippen molar-refractivity contribution >= 4 is 5.97 Å². The second kappa shape index (κ2) is 12.1. The van der Waals surface area contributed by atoms with E-state index in [1.807, 2.05) is 66.9 Å². The number of nitrogens with one attached hydrogen (secondary N) is 1. The summed E-state index contributed by atoms with van der Waals surface area (Å²) in [7, 11) is 0. The lowest BCUT2D eigenvalue weighted by Gasteiger charge is -2.22. The van der Waals surface area contributed by atoms with Gasteiger partial charge in [0.05, 0.1) is 5.69 Å². The van der Waals surface area contributed by atoms with Gasteiger partial charge in [0.15, 0.2) is 5.69 Å². The van der Waals surface area contributed by atoms with Crippen molar-refractivity contribution in [3.05, 3.63) is 71.3 Å². The molecule has 2 heterocycles. The number of hydrogen-bond acceptors (Lipinski definition) is 8. The molecular formula is C28H34N6O4. The number of benzene rings is 2. The standard InChI is InChI=1S/C28H34N6O4/c1-5-15-34-23(18-37-16-6-2)29-24(25(34)28(3,4)36)27(35)38-17-19-11-13-20(14-12-19)21-9-7-8-10-22(21)26-30-32-33-31-26/h7-14,36H,5-6,15-18H2,1-4H3,(H,30,31,32,33). The Bertz CT molecular complexity index is 1340. The van der Waals surface area contributed by atoms with Crippen LogP contribution >= 0.6 is 0 Å². The molecule has 0 atom stereocenters. The molecule has 0 amide bonds. The lowest BCUT2D eigenvalue weighted by molar-refractivity contribution is 0.0420. The van der Waals surface area contributed by atoms with Crippen LogP contribution < -0.4 is 0 Å². The molecule has 0 aliphatic carbocycles. The summed E-state index contributed by atoms with van der Waals surface area (Å²) < 4.78 is 13.2. The van der Waals surface area contributed by atoms with Crippen LogP contribution in [0.1, 0.15) is 68.1 Å². The van der Waals surface area contributed by atoms with E-state index >= 15 is 0 Å². The molecule has 38 heavy (non-hydrogen) atoms. The summed E-state index contributed by atoms with van der Waals surface area (Å²) in [5.74, 6) is 0.539. The molecule has 2 N–H and O–H groups in total. The van der Waals surface area contributed by atoms with Crippen molar-refractivity contribution in [1.29, 1.82) is 0 Å². The van der Waals surface area contributed by atoms with Crippen LogP contribution in [0.25, 0.3) is 22.5 Å². The molecule has 2 aromatic carbocycles. The van der Waals surface area contributed by atoms with Gasteiger partial charge in [-0.1, -0.05) is 62.4 Å². The number of aromatic nitrogens is 6. The number of aromatic amines is 1. The topological polar surface area (TPSA) is 128 Å². The minimum atomic E-state index is -1.28. The lowest BCUT2D eigenvalue weighted by atomic mass is 9.98. The number of nitrogens with zero attached hydrogens (tertiary/aromatic N) is 5. The normalized spacial score (nSPS) is 11.6. The Morgan fingerprint density at radius 3 is 2.39 bits per heavy atom. The van der Waals surface area contributed by atoms with Crippen molar-refractivity contribution in [2.45, 2.75) is 65.9 Å². The van der Waals surface area contributed by atoms with Crippen LogP contribution in [0.3, 0.4) is 0 Å². The number of H-pyrrole nitrogens is 1. The molecule has 2 aromatic heterocycles. The summed E-state index contributed by atoms with van der Waals surface area (Å²) in [4.78, 5) is 17.7. The molecule has 0 fully saturated rings. The van der Waals surface area contributed by atoms with Crippen LogP contribution in [0.15, 0.2) is 48.5 Å². The number of hydrogen-bond donors (Lipinski definition) is 2. The number of carbonyl (C=O) groups excluding carboxylic acids is 1. The smallest absolute Gasteiger partial charge is 0.359 e. The fourth-order valence-corrected chi connectivity index (χ4v) is 4.35. The molecule has 10 heteroatoms. The van der Waals surface area contributed by atoms with Crippen molar-refractivity contribution in [2.24, 2.45) is 0 Å². The summed E-state index contributed by atoms with van der Waals surface area (Å²) in [6.45, 7) is 8.89. The molecule has 10 nitrogen and oxygen atoms in total. The summed E-state index contributed by atoms with van der Waals surface area (Å²) in [5, 5.41) is 25.2. The zero-order chi connectivity index (χ0) is 27.1. The van der Waals surface area contributed by atoms with E-state index < -0.39 is 11.6 Å². The van der Waals surface area contributed by atoms with Crippen LogP contribution in [0.5, 0.6) is 0 Å². The average molecular weight is 519 g/mol. The minimum Gasteiger partial charge on any atom is -0.456 e. The van der Waals surface area contributed by atoms with Crippen molar-refractivity contribution in [1.82, 2.24) is 30.2 Å². The summed E-state index contributed by atoms with van der Waals surface area (Å²) in [5.41, 5.74) is 2.89. The van der Waals surface area contributed by atoms with Gasteiger partial charge in [0.2, 0.25) is 5.82 Å². The number of rotatable bonds is 12. The molecule has 0 aliphatic rings. The maximum absolute atomic E-state index is 13.2. The first-order chi connectivity index (χ1) is 18.3. The number of ether oxygens (including phenoxy) is 2. The van der Waals surface area contributed by atoms with Gasteiger partial charge in [0.1, 0.15) is 24.6 Å². The molecule has 0 radical (unpaired) electrons. The Balaban J connectivity index is 1.52. The molecule has 0 saturated heterocycles. The molecule has 0 unspecified atom stereocenters. The van der Waals surface area contributed by atoms with Gasteiger partial charge in [0.25, 0.3) is 0 Å². The predicted molar refractivity (Wildman–Crippen MR) is 142 cm³/mol. The van der Waals surface area contributed by atoms with E-state index in [0.717, 1.165) is 35.1 Å². The lowest BCUT2D eigenvalue weighted by Crippen LogP contribution is -2.25. The highest BCUT2D eigenvalue weighted by Gasteiger charge is 2.32. The third-order valence-electron chi connectivity index (χ3n) is 5.99. The number of imidazole rings is 1. The van der Waals surface area contributed by atoms with Crippen molar-refractivity contribution in [2.75, 3.05) is 6.61 Å². The average Bonchev–Trinajstić information content (AvgIpc) is 3.57. The molecule has 4 aromatic rings. The summed E-state index contributed by atoms with van der Waals surface area (Å²) in [6.07, 6.45) is 1.69. The molecule has 0 spiro atoms. The first kappa shape index (κ1) is 27.2. The van der Waals surface area contributed by atoms with Gasteiger partial charge in [-0.25, -0.2) is 9.78 Å². The molecule has 0 bridgehead atoms. The first-order valence-electron chi connectivity index (χ1n) is 12.8. The first-order valence-corrected chi connectivity index (χ1v) is 12.8. The summed E-state index contributed by atoms with van der Waals surface area (Å²) in [6, 6.07) is 15.6. The molecule has 4 rings (SSSR count). The van der Waals surface area contributed by atoms with Gasteiger partial charge < -0.3 is 19.1 Å². The van der Waals surface area contributed by atoms with Crippen molar-refractivity contribution < 1.29 is 19.4 Å². The molecule has 0 saturated carbocycles. The van der Waals surface area contributed by atoms with Crippen LogP contribution in [0.4, 0.5) is 0 Å². The zero-order valence-corrected chi connectivity index (χ0v) is 22.3. The van der Waals surface area contributed by atoms with Crippen LogP contribution in [-0.2, 0) is 34.8 Å². The van der Waals surface area contributed by atoms with Crippen LogP contribution in [-0.4, -0.2) is 47.9 Å². The number of esters is 1. The van der Waals surface area contributed by atoms with Gasteiger partial charge in [-0.15, -0.1) is 10.2 Å². The van der Waals surface area contributed by atoms with Crippen LogP contribution in [0.2, 0.25) is 0 Å². The fraction of sp³-hybridized carbons (Fsp3) is 0.393. The van der Waals surface area contributed by atoms with Gasteiger partial charge in [-0.2, -0.15) is 5.21 Å². The second-order valence-electron chi connectivity index (χ2n) is 9.54. The van der Waals surface area contributed by atoms with E-state index in [4.69, 9.17) is 9.47 Å². The highest BCUT2D eigenvalue weighted by Crippen LogP contribution is 2.30. The third-order valence-corrected chi connectivity index (χ3v) is 5.99. The number of carbonyl (C=O) groups is 1. The Labute approximate surface area is 222 Å². The van der Waals surface area contributed by atoms with E-state index in [1.165, 1.54) is 0 Å². The fourth-order valence-electron chi connectivity index (χ4n) is 4.35. The number of aliphatic hydroxyl groups is 1. The van der Waals surface area contributed by atoms with Crippen molar-refractivity contribution in [3.8, 4) is 22.5 Å². The third kappa shape index (κ3) is 6.15. The zero-order valence-electron chi connectivity index (χ0n) is 22.3. The Hall–Kier alpha value is -3.89. The second-order valence-corrected chi connectivity index (χ2v) is 9.54. The highest BCUT2D eigenvalue weighted by atomic mass is 16.5. The van der Waals surface area contributed by atoms with Gasteiger partial charge in [-0.3, -0.25) is 0 Å². The summed E-state index contributed by atoms with van der Waals surface area (Å²) >= 11 is 0. The molecular weight excluding hydrogens is 484 g/mol. The SMILES string of the molecule is CCCOCc1nc(C(=O)OCc2ccc(-c3ccccc3-c3nn[nH]n3)cc2)c(C(C)(C)O)n1CCC. The van der Waals surface area contributed by atoms with E-state index in [9.17, 15) is 9.90 Å². The Morgan fingerprint density at radius 1 is 1.03 bits per heavy atom. The maximum Gasteiger partial charge on any atom is 0.359 e. The van der Waals surface area contributed by atoms with E-state index in [2.05, 4.69) is 25.6 Å². The Morgan fingerprint density at radius 2 is 1.76 bits per heavy atom. The molecule has 200 valence electrons. The molecule has 0 aliphatic heterocycles. The van der Waals surface area contributed by atoms with Gasteiger partial charge >= 0.3 is 5.97 Å². The van der Waals surface area contributed by atoms with E-state index in [1.54, 1.807) is 13.8 Å². The quantitative estimate of drug-likeness (QED) is 0.205. The van der Waals surface area contributed by atoms with Crippen LogP contribution in [0, 0.1) is 0 Å². The van der Waals surface area contributed by atoms with E-state index in [0.29, 0.717) is 30.5 Å². The Kier molecular flexibility index (Phi) is 8.65. The number of tetrazole rings is 1.